The minimum absolute atomic E-state index is 0.120. The van der Waals surface area contributed by atoms with Gasteiger partial charge in [0, 0.05) is 61.4 Å². The number of ketones is 1. The Bertz CT molecular complexity index is 1920. The number of rotatable bonds is 8. The average molecular weight is 702 g/mol. The van der Waals surface area contributed by atoms with E-state index in [-0.39, 0.29) is 47.4 Å². The number of aliphatic hydroxyl groups excluding tert-OH is 1. The molecule has 4 aromatic rings. The molecule has 2 N–H and O–H groups in total. The smallest absolute Gasteiger partial charge is 0.248 e. The maximum atomic E-state index is 14.4. The second kappa shape index (κ2) is 11.9. The summed E-state index contributed by atoms with van der Waals surface area (Å²) in [7, 11) is 0. The van der Waals surface area contributed by atoms with E-state index >= 15 is 0 Å². The number of Topliss-reactive ketones (excluding diaryl/α,β-unsaturated/α-hetero) is 1. The van der Waals surface area contributed by atoms with E-state index in [2.05, 4.69) is 46.2 Å². The number of β-amino-alcohol motifs (C(OH)–C–C–N with tert-alkyl or cyclic N) is 1. The van der Waals surface area contributed by atoms with Crippen molar-refractivity contribution in [1.82, 2.24) is 34.5 Å². The lowest BCUT2D eigenvalue weighted by atomic mass is 9.63. The van der Waals surface area contributed by atoms with E-state index in [1.54, 1.807) is 22.0 Å². The van der Waals surface area contributed by atoms with Crippen LogP contribution in [-0.4, -0.2) is 95.1 Å². The minimum atomic E-state index is -0.704. The summed E-state index contributed by atoms with van der Waals surface area (Å²) in [6.07, 6.45) is 5.38. The lowest BCUT2D eigenvalue weighted by Gasteiger charge is -2.51. The van der Waals surface area contributed by atoms with Crippen LogP contribution in [0.1, 0.15) is 53.6 Å². The molecule has 0 radical (unpaired) electrons. The van der Waals surface area contributed by atoms with Gasteiger partial charge in [-0.1, -0.05) is 6.07 Å². The fraction of sp³-hybridized carbons (Fsp3) is 0.441. The zero-order valence-electron chi connectivity index (χ0n) is 26.8. The molecule has 2 saturated heterocycles. The zero-order chi connectivity index (χ0) is 33.2. The van der Waals surface area contributed by atoms with Crippen LogP contribution >= 0.6 is 15.9 Å². The number of aliphatic hydroxyl groups is 1. The molecule has 2 amide bonds. The molecular formula is C34H37BrN8O4. The van der Waals surface area contributed by atoms with Crippen molar-refractivity contribution in [2.24, 2.45) is 5.41 Å². The van der Waals surface area contributed by atoms with Crippen LogP contribution in [-0.2, 0) is 16.1 Å². The summed E-state index contributed by atoms with van der Waals surface area (Å²) in [5.74, 6) is 0.403. The Hall–Kier alpha value is -4.07. The third-order valence-corrected chi connectivity index (χ3v) is 10.5. The molecule has 0 unspecified atom stereocenters. The molecule has 3 aliphatic rings. The molecule has 244 valence electrons. The summed E-state index contributed by atoms with van der Waals surface area (Å²) >= 11 is 3.39. The molecule has 0 bridgehead atoms. The highest BCUT2D eigenvalue weighted by Gasteiger charge is 2.61. The van der Waals surface area contributed by atoms with Gasteiger partial charge in [-0.05, 0) is 90.9 Å². The molecule has 1 aliphatic carbocycles. The monoisotopic (exact) mass is 700 g/mol. The molecule has 3 fully saturated rings. The Kier molecular flexibility index (Phi) is 7.96. The summed E-state index contributed by atoms with van der Waals surface area (Å²) in [5, 5.41) is 18.3. The molecule has 12 nitrogen and oxygen atoms in total. The largest absolute Gasteiger partial charge is 0.390 e. The highest BCUT2D eigenvalue weighted by atomic mass is 79.9. The average Bonchev–Trinajstić information content (AvgIpc) is 3.47. The summed E-state index contributed by atoms with van der Waals surface area (Å²) < 4.78 is 2.21. The summed E-state index contributed by atoms with van der Waals surface area (Å²) in [5.41, 5.74) is 4.08. The lowest BCUT2D eigenvalue weighted by Crippen LogP contribution is -2.60. The van der Waals surface area contributed by atoms with Crippen LogP contribution in [0.25, 0.3) is 22.0 Å². The maximum absolute atomic E-state index is 14.4. The van der Waals surface area contributed by atoms with Crippen molar-refractivity contribution in [3.05, 3.63) is 63.9 Å². The predicted octanol–water partition coefficient (Wildman–Crippen LogP) is 3.84. The van der Waals surface area contributed by atoms with E-state index in [1.165, 1.54) is 6.92 Å². The van der Waals surface area contributed by atoms with Crippen molar-refractivity contribution in [3.63, 3.8) is 0 Å². The zero-order valence-corrected chi connectivity index (χ0v) is 28.4. The highest BCUT2D eigenvalue weighted by Crippen LogP contribution is 2.55. The fourth-order valence-electron chi connectivity index (χ4n) is 7.64. The van der Waals surface area contributed by atoms with Gasteiger partial charge >= 0.3 is 0 Å². The standard InChI is InChI=1S/C34H37BrN8O4/c1-18-5-6-28(35)38-32(18)39-33(47)26-11-34(17-41-14-24(45)15-41)8-7-27(34)43(26)29(46)16-42-31-19(2)9-22(23-12-36-21(4)37-13-23)10-25(31)30(40-42)20(3)44/h5-6,9-10,12-13,24,26-27,45H,7-8,11,14-17H2,1-4H3,(H,38,39,47)/t26-,27+,34+/m0/s1. The van der Waals surface area contributed by atoms with Crippen molar-refractivity contribution >= 4 is 50.2 Å². The van der Waals surface area contributed by atoms with Gasteiger partial charge in [0.1, 0.15) is 34.5 Å². The number of aromatic nitrogens is 5. The Morgan fingerprint density at radius 1 is 1.06 bits per heavy atom. The Labute approximate surface area is 280 Å². The van der Waals surface area contributed by atoms with Crippen molar-refractivity contribution in [2.45, 2.75) is 71.7 Å². The van der Waals surface area contributed by atoms with Crippen molar-refractivity contribution in [1.29, 1.82) is 0 Å². The van der Waals surface area contributed by atoms with Crippen LogP contribution in [0, 0.1) is 26.2 Å². The number of aryl methyl sites for hydroxylation is 3. The minimum Gasteiger partial charge on any atom is -0.390 e. The second-order valence-electron chi connectivity index (χ2n) is 13.3. The summed E-state index contributed by atoms with van der Waals surface area (Å²) in [4.78, 5) is 58.3. The fourth-order valence-corrected chi connectivity index (χ4v) is 7.95. The molecule has 3 atom stereocenters. The number of likely N-dealkylation sites (tertiary alicyclic amines) is 2. The maximum Gasteiger partial charge on any atom is 0.248 e. The number of benzene rings is 1. The van der Waals surface area contributed by atoms with Crippen molar-refractivity contribution in [3.8, 4) is 11.1 Å². The number of carbonyl (C=O) groups is 3. The van der Waals surface area contributed by atoms with E-state index in [9.17, 15) is 19.5 Å². The molecule has 3 aromatic heterocycles. The van der Waals surface area contributed by atoms with Gasteiger partial charge in [-0.15, -0.1) is 0 Å². The number of fused-ring (bicyclic) bond motifs is 2. The molecular weight excluding hydrogens is 664 g/mol. The molecule has 7 rings (SSSR count). The number of hydrogen-bond donors (Lipinski definition) is 2. The van der Waals surface area contributed by atoms with Crippen molar-refractivity contribution < 1.29 is 19.5 Å². The lowest BCUT2D eigenvalue weighted by molar-refractivity contribution is -0.142. The van der Waals surface area contributed by atoms with E-state index in [1.807, 2.05) is 45.0 Å². The quantitative estimate of drug-likeness (QED) is 0.207. The van der Waals surface area contributed by atoms with Gasteiger partial charge in [0.05, 0.1) is 11.6 Å². The number of halogens is 1. The topological polar surface area (TPSA) is 146 Å². The normalized spacial score (nSPS) is 22.6. The number of nitrogens with zero attached hydrogens (tertiary/aromatic N) is 7. The molecule has 13 heteroatoms. The van der Waals surface area contributed by atoms with E-state index < -0.39 is 6.04 Å². The summed E-state index contributed by atoms with van der Waals surface area (Å²) in [6, 6.07) is 6.75. The van der Waals surface area contributed by atoms with Gasteiger partial charge in [0.25, 0.3) is 0 Å². The van der Waals surface area contributed by atoms with E-state index in [4.69, 9.17) is 0 Å². The van der Waals surface area contributed by atoms with E-state index in [0.717, 1.165) is 41.6 Å². The van der Waals surface area contributed by atoms with Gasteiger partial charge in [-0.3, -0.25) is 24.0 Å². The molecule has 1 saturated carbocycles. The van der Waals surface area contributed by atoms with Crippen LogP contribution < -0.4 is 5.32 Å². The van der Waals surface area contributed by atoms with Crippen LogP contribution in [0.15, 0.2) is 41.3 Å². The Morgan fingerprint density at radius 3 is 2.47 bits per heavy atom. The number of amides is 2. The molecule has 0 spiro atoms. The molecule has 47 heavy (non-hydrogen) atoms. The predicted molar refractivity (Wildman–Crippen MR) is 179 cm³/mol. The third kappa shape index (κ3) is 5.63. The van der Waals surface area contributed by atoms with Crippen LogP contribution in [0.3, 0.4) is 0 Å². The first-order chi connectivity index (χ1) is 22.4. The Balaban J connectivity index is 1.22. The molecule has 5 heterocycles. The molecule has 1 aromatic carbocycles. The summed E-state index contributed by atoms with van der Waals surface area (Å²) in [6.45, 7) is 8.91. The SMILES string of the molecule is CC(=O)c1nn(CC(=O)N2[C@H](C(=O)Nc3nc(Br)ccc3C)C[C@@]3(CN4CC(O)C4)CC[C@@H]23)c2c(C)cc(-c3cnc(C)nc3)cc12. The first-order valence-electron chi connectivity index (χ1n) is 15.9. The van der Waals surface area contributed by atoms with Crippen LogP contribution in [0.4, 0.5) is 5.82 Å². The number of nitrogens with one attached hydrogen (secondary N) is 1. The van der Waals surface area contributed by atoms with Gasteiger partial charge in [-0.2, -0.15) is 5.10 Å². The van der Waals surface area contributed by atoms with Gasteiger partial charge in [0.15, 0.2) is 5.78 Å². The van der Waals surface area contributed by atoms with Gasteiger partial charge in [0.2, 0.25) is 11.8 Å². The highest BCUT2D eigenvalue weighted by molar-refractivity contribution is 9.10. The first-order valence-corrected chi connectivity index (χ1v) is 16.7. The number of pyridine rings is 1. The van der Waals surface area contributed by atoms with Gasteiger partial charge in [-0.25, -0.2) is 15.0 Å². The van der Waals surface area contributed by atoms with Gasteiger partial charge < -0.3 is 15.3 Å². The number of anilines is 1. The Morgan fingerprint density at radius 2 is 1.81 bits per heavy atom. The number of carbonyl (C=O) groups excluding carboxylic acids is 3. The van der Waals surface area contributed by atoms with Crippen LogP contribution in [0.5, 0.6) is 0 Å². The number of hydrogen-bond acceptors (Lipinski definition) is 9. The first kappa shape index (κ1) is 31.5. The van der Waals surface area contributed by atoms with Crippen molar-refractivity contribution in [2.75, 3.05) is 25.0 Å². The van der Waals surface area contributed by atoms with E-state index in [0.29, 0.717) is 46.7 Å². The van der Waals surface area contributed by atoms with Crippen LogP contribution in [0.2, 0.25) is 0 Å². The second-order valence-corrected chi connectivity index (χ2v) is 14.2. The molecule has 2 aliphatic heterocycles. The third-order valence-electron chi connectivity index (χ3n) is 10.0.